The second-order valence-electron chi connectivity index (χ2n) is 4.05. The Labute approximate surface area is 111 Å². The van der Waals surface area contributed by atoms with Crippen LogP contribution in [0.2, 0.25) is 0 Å². The highest BCUT2D eigenvalue weighted by molar-refractivity contribution is 7.09. The van der Waals surface area contributed by atoms with Gasteiger partial charge in [0.15, 0.2) is 0 Å². The molecule has 1 aromatic heterocycles. The normalized spacial score (nSPS) is 10.2. The van der Waals surface area contributed by atoms with Gasteiger partial charge in [-0.05, 0) is 29.5 Å². The second kappa shape index (κ2) is 6.21. The van der Waals surface area contributed by atoms with E-state index in [0.717, 1.165) is 11.3 Å². The molecule has 3 nitrogen and oxygen atoms in total. The van der Waals surface area contributed by atoms with Gasteiger partial charge in [0, 0.05) is 17.0 Å². The van der Waals surface area contributed by atoms with E-state index in [0.29, 0.717) is 19.4 Å². The SMILES string of the molecule is Nc1ccccc1CCC(=O)NCc1cccs1. The number of anilines is 1. The Kier molecular flexibility index (Phi) is 4.36. The Hall–Kier alpha value is -1.81. The van der Waals surface area contributed by atoms with Gasteiger partial charge in [-0.1, -0.05) is 24.3 Å². The van der Waals surface area contributed by atoms with Crippen LogP contribution < -0.4 is 11.1 Å². The molecule has 0 bridgehead atoms. The highest BCUT2D eigenvalue weighted by atomic mass is 32.1. The van der Waals surface area contributed by atoms with Crippen LogP contribution in [0.5, 0.6) is 0 Å². The van der Waals surface area contributed by atoms with Gasteiger partial charge in [-0.3, -0.25) is 4.79 Å². The third-order valence-corrected chi connectivity index (χ3v) is 3.59. The van der Waals surface area contributed by atoms with Crippen LogP contribution in [0.3, 0.4) is 0 Å². The molecule has 0 saturated heterocycles. The lowest BCUT2D eigenvalue weighted by molar-refractivity contribution is -0.121. The summed E-state index contributed by atoms with van der Waals surface area (Å²) in [4.78, 5) is 12.8. The van der Waals surface area contributed by atoms with E-state index in [4.69, 9.17) is 5.73 Å². The zero-order chi connectivity index (χ0) is 12.8. The molecule has 18 heavy (non-hydrogen) atoms. The molecular formula is C14H16N2OS. The molecular weight excluding hydrogens is 244 g/mol. The number of amides is 1. The van der Waals surface area contributed by atoms with E-state index in [1.54, 1.807) is 11.3 Å². The van der Waals surface area contributed by atoms with E-state index in [1.165, 1.54) is 4.88 Å². The van der Waals surface area contributed by atoms with Crippen LogP contribution in [0.4, 0.5) is 5.69 Å². The first kappa shape index (κ1) is 12.6. The molecule has 0 unspecified atom stereocenters. The molecule has 4 heteroatoms. The maximum absolute atomic E-state index is 11.7. The van der Waals surface area contributed by atoms with E-state index >= 15 is 0 Å². The van der Waals surface area contributed by atoms with Crippen LogP contribution in [0.25, 0.3) is 0 Å². The summed E-state index contributed by atoms with van der Waals surface area (Å²) in [6.45, 7) is 0.612. The summed E-state index contributed by atoms with van der Waals surface area (Å²) in [6.07, 6.45) is 1.16. The molecule has 0 radical (unpaired) electrons. The van der Waals surface area contributed by atoms with Crippen LogP contribution in [0.1, 0.15) is 16.9 Å². The lowest BCUT2D eigenvalue weighted by Crippen LogP contribution is -2.22. The van der Waals surface area contributed by atoms with Crippen molar-refractivity contribution in [3.63, 3.8) is 0 Å². The Morgan fingerprint density at radius 1 is 1.22 bits per heavy atom. The standard InChI is InChI=1S/C14H16N2OS/c15-13-6-2-1-4-11(13)7-8-14(17)16-10-12-5-3-9-18-12/h1-6,9H,7-8,10,15H2,(H,16,17). The highest BCUT2D eigenvalue weighted by Gasteiger charge is 2.04. The third-order valence-electron chi connectivity index (χ3n) is 2.72. The zero-order valence-corrected chi connectivity index (χ0v) is 10.9. The van der Waals surface area contributed by atoms with Crippen molar-refractivity contribution in [1.82, 2.24) is 5.32 Å². The summed E-state index contributed by atoms with van der Waals surface area (Å²) in [7, 11) is 0. The van der Waals surface area contributed by atoms with E-state index < -0.39 is 0 Å². The van der Waals surface area contributed by atoms with Crippen molar-refractivity contribution in [2.75, 3.05) is 5.73 Å². The molecule has 94 valence electrons. The van der Waals surface area contributed by atoms with Gasteiger partial charge < -0.3 is 11.1 Å². The Bertz CT molecular complexity index is 508. The van der Waals surface area contributed by atoms with E-state index in [-0.39, 0.29) is 5.91 Å². The lowest BCUT2D eigenvalue weighted by Gasteiger charge is -2.06. The largest absolute Gasteiger partial charge is 0.399 e. The number of nitrogen functional groups attached to an aromatic ring is 1. The van der Waals surface area contributed by atoms with Crippen molar-refractivity contribution in [1.29, 1.82) is 0 Å². The first-order valence-electron chi connectivity index (χ1n) is 5.88. The van der Waals surface area contributed by atoms with Crippen LogP contribution >= 0.6 is 11.3 Å². The Morgan fingerprint density at radius 3 is 2.78 bits per heavy atom. The lowest BCUT2D eigenvalue weighted by atomic mass is 10.1. The predicted octanol–water partition coefficient (Wildman–Crippen LogP) is 2.58. The van der Waals surface area contributed by atoms with Crippen molar-refractivity contribution in [2.45, 2.75) is 19.4 Å². The van der Waals surface area contributed by atoms with Crippen molar-refractivity contribution in [3.8, 4) is 0 Å². The Morgan fingerprint density at radius 2 is 2.06 bits per heavy atom. The molecule has 0 spiro atoms. The molecule has 0 fully saturated rings. The summed E-state index contributed by atoms with van der Waals surface area (Å²) < 4.78 is 0. The second-order valence-corrected chi connectivity index (χ2v) is 5.09. The fourth-order valence-corrected chi connectivity index (χ4v) is 2.34. The minimum absolute atomic E-state index is 0.0617. The predicted molar refractivity (Wildman–Crippen MR) is 75.3 cm³/mol. The maximum Gasteiger partial charge on any atom is 0.220 e. The molecule has 3 N–H and O–H groups in total. The van der Waals surface area contributed by atoms with E-state index in [1.807, 2.05) is 41.8 Å². The number of rotatable bonds is 5. The smallest absolute Gasteiger partial charge is 0.220 e. The van der Waals surface area contributed by atoms with Crippen LogP contribution in [-0.2, 0) is 17.8 Å². The van der Waals surface area contributed by atoms with Gasteiger partial charge in [-0.15, -0.1) is 11.3 Å². The number of carbonyl (C=O) groups excluding carboxylic acids is 1. The van der Waals surface area contributed by atoms with Crippen molar-refractivity contribution in [3.05, 3.63) is 52.2 Å². The molecule has 0 atom stereocenters. The zero-order valence-electron chi connectivity index (χ0n) is 10.1. The first-order chi connectivity index (χ1) is 8.75. The first-order valence-corrected chi connectivity index (χ1v) is 6.76. The minimum Gasteiger partial charge on any atom is -0.399 e. The number of carbonyl (C=O) groups is 1. The number of nitrogens with one attached hydrogen (secondary N) is 1. The monoisotopic (exact) mass is 260 g/mol. The van der Waals surface area contributed by atoms with Gasteiger partial charge in [0.05, 0.1) is 6.54 Å². The topological polar surface area (TPSA) is 55.1 Å². The molecule has 2 aromatic rings. The molecule has 0 saturated carbocycles. The summed E-state index contributed by atoms with van der Waals surface area (Å²) in [6, 6.07) is 11.7. The molecule has 2 rings (SSSR count). The Balaban J connectivity index is 1.77. The van der Waals surface area contributed by atoms with Crippen LogP contribution in [0.15, 0.2) is 41.8 Å². The van der Waals surface area contributed by atoms with Crippen molar-refractivity contribution in [2.24, 2.45) is 0 Å². The third kappa shape index (κ3) is 3.60. The summed E-state index contributed by atoms with van der Waals surface area (Å²) in [5, 5.41) is 4.91. The molecule has 0 aliphatic heterocycles. The van der Waals surface area contributed by atoms with Crippen molar-refractivity contribution >= 4 is 22.9 Å². The number of benzene rings is 1. The minimum atomic E-state index is 0.0617. The van der Waals surface area contributed by atoms with Gasteiger partial charge in [-0.2, -0.15) is 0 Å². The summed E-state index contributed by atoms with van der Waals surface area (Å²) >= 11 is 1.65. The number of hydrogen-bond donors (Lipinski definition) is 2. The van der Waals surface area contributed by atoms with Gasteiger partial charge >= 0.3 is 0 Å². The van der Waals surface area contributed by atoms with E-state index in [9.17, 15) is 4.79 Å². The number of nitrogens with two attached hydrogens (primary N) is 1. The van der Waals surface area contributed by atoms with E-state index in [2.05, 4.69) is 5.32 Å². The number of aryl methyl sites for hydroxylation is 1. The maximum atomic E-state index is 11.7. The van der Waals surface area contributed by atoms with Crippen LogP contribution in [0, 0.1) is 0 Å². The molecule has 0 aliphatic carbocycles. The number of hydrogen-bond acceptors (Lipinski definition) is 3. The average molecular weight is 260 g/mol. The molecule has 1 aromatic carbocycles. The number of thiophene rings is 1. The molecule has 1 heterocycles. The van der Waals surface area contributed by atoms with Gasteiger partial charge in [0.2, 0.25) is 5.91 Å². The fourth-order valence-electron chi connectivity index (χ4n) is 1.70. The summed E-state index contributed by atoms with van der Waals surface area (Å²) in [5.74, 6) is 0.0617. The summed E-state index contributed by atoms with van der Waals surface area (Å²) in [5.41, 5.74) is 7.61. The van der Waals surface area contributed by atoms with Crippen LogP contribution in [-0.4, -0.2) is 5.91 Å². The highest BCUT2D eigenvalue weighted by Crippen LogP contribution is 2.12. The number of para-hydroxylation sites is 1. The average Bonchev–Trinajstić information content (AvgIpc) is 2.88. The molecule has 1 amide bonds. The fraction of sp³-hybridized carbons (Fsp3) is 0.214. The van der Waals surface area contributed by atoms with Gasteiger partial charge in [0.1, 0.15) is 0 Å². The van der Waals surface area contributed by atoms with Crippen molar-refractivity contribution < 1.29 is 4.79 Å². The molecule has 0 aliphatic rings. The van der Waals surface area contributed by atoms with Gasteiger partial charge in [-0.25, -0.2) is 0 Å². The quantitative estimate of drug-likeness (QED) is 0.812. The van der Waals surface area contributed by atoms with Gasteiger partial charge in [0.25, 0.3) is 0 Å².